The van der Waals surface area contributed by atoms with Gasteiger partial charge in [0, 0.05) is 19.5 Å². The van der Waals surface area contributed by atoms with Crippen LogP contribution >= 0.6 is 11.8 Å². The van der Waals surface area contributed by atoms with Crippen LogP contribution in [0.2, 0.25) is 0 Å². The summed E-state index contributed by atoms with van der Waals surface area (Å²) in [5.74, 6) is 2.33. The first-order valence-corrected chi connectivity index (χ1v) is 7.54. The van der Waals surface area contributed by atoms with E-state index in [1.165, 1.54) is 12.2 Å². The number of thioether (sulfide) groups is 1. The van der Waals surface area contributed by atoms with Gasteiger partial charge >= 0.3 is 12.0 Å². The number of urea groups is 1. The first kappa shape index (κ1) is 15.1. The van der Waals surface area contributed by atoms with Gasteiger partial charge in [-0.05, 0) is 36.2 Å². The van der Waals surface area contributed by atoms with Crippen molar-refractivity contribution in [3.63, 3.8) is 0 Å². The Morgan fingerprint density at radius 2 is 2.22 bits per heavy atom. The molecule has 1 rings (SSSR count). The third kappa shape index (κ3) is 6.74. The third-order valence-electron chi connectivity index (χ3n) is 3.04. The van der Waals surface area contributed by atoms with Crippen LogP contribution in [0.25, 0.3) is 0 Å². The van der Waals surface area contributed by atoms with E-state index in [0.717, 1.165) is 12.3 Å². The molecule has 1 fully saturated rings. The molecule has 1 saturated heterocycles. The predicted octanol–water partition coefficient (Wildman–Crippen LogP) is 1.54. The largest absolute Gasteiger partial charge is 0.481 e. The van der Waals surface area contributed by atoms with Crippen LogP contribution in [0.15, 0.2) is 0 Å². The quantitative estimate of drug-likeness (QED) is 0.658. The molecular weight excluding hydrogens is 252 g/mol. The molecule has 6 heteroatoms. The van der Waals surface area contributed by atoms with E-state index in [9.17, 15) is 9.59 Å². The fourth-order valence-corrected chi connectivity index (χ4v) is 3.07. The lowest BCUT2D eigenvalue weighted by Gasteiger charge is -2.14. The molecule has 0 aromatic carbocycles. The summed E-state index contributed by atoms with van der Waals surface area (Å²) in [6.07, 6.45) is 1.93. The van der Waals surface area contributed by atoms with Crippen LogP contribution in [-0.2, 0) is 4.79 Å². The Balaban J connectivity index is 2.03. The van der Waals surface area contributed by atoms with Crippen LogP contribution < -0.4 is 10.6 Å². The van der Waals surface area contributed by atoms with Gasteiger partial charge in [0.05, 0.1) is 0 Å². The van der Waals surface area contributed by atoms with Crippen LogP contribution in [0.3, 0.4) is 0 Å². The van der Waals surface area contributed by atoms with Crippen molar-refractivity contribution in [2.75, 3.05) is 24.6 Å². The topological polar surface area (TPSA) is 78.4 Å². The van der Waals surface area contributed by atoms with Crippen molar-refractivity contribution in [3.05, 3.63) is 0 Å². The highest BCUT2D eigenvalue weighted by Gasteiger charge is 2.16. The number of rotatable bonds is 7. The van der Waals surface area contributed by atoms with Gasteiger partial charge in [-0.1, -0.05) is 6.92 Å². The van der Waals surface area contributed by atoms with Gasteiger partial charge in [-0.25, -0.2) is 4.79 Å². The lowest BCUT2D eigenvalue weighted by Crippen LogP contribution is -2.40. The van der Waals surface area contributed by atoms with E-state index < -0.39 is 5.97 Å². The SMILES string of the molecule is CC(CCC(=O)O)CNC(=O)NCC1CCSC1. The molecule has 0 bridgehead atoms. The molecule has 18 heavy (non-hydrogen) atoms. The van der Waals surface area contributed by atoms with Gasteiger partial charge in [-0.3, -0.25) is 4.79 Å². The molecule has 1 heterocycles. The normalized spacial score (nSPS) is 20.4. The molecule has 2 atom stereocenters. The molecule has 0 aliphatic carbocycles. The summed E-state index contributed by atoms with van der Waals surface area (Å²) in [5.41, 5.74) is 0. The minimum atomic E-state index is -0.787. The third-order valence-corrected chi connectivity index (χ3v) is 4.27. The minimum absolute atomic E-state index is 0.144. The highest BCUT2D eigenvalue weighted by molar-refractivity contribution is 7.99. The molecule has 3 N–H and O–H groups in total. The molecule has 1 aliphatic heterocycles. The molecule has 0 spiro atoms. The van der Waals surface area contributed by atoms with Crippen LogP contribution in [0.4, 0.5) is 4.79 Å². The molecular formula is C12H22N2O3S. The summed E-state index contributed by atoms with van der Waals surface area (Å²) < 4.78 is 0. The molecule has 1 aliphatic rings. The molecule has 104 valence electrons. The van der Waals surface area contributed by atoms with Gasteiger partial charge in [0.2, 0.25) is 0 Å². The number of carbonyl (C=O) groups is 2. The van der Waals surface area contributed by atoms with Crippen LogP contribution in [-0.4, -0.2) is 41.7 Å². The number of hydrogen-bond acceptors (Lipinski definition) is 3. The lowest BCUT2D eigenvalue weighted by atomic mass is 10.1. The van der Waals surface area contributed by atoms with Gasteiger partial charge in [0.1, 0.15) is 0 Å². The molecule has 0 aromatic rings. The summed E-state index contributed by atoms with van der Waals surface area (Å²) in [6.45, 7) is 3.21. The number of nitrogens with one attached hydrogen (secondary N) is 2. The van der Waals surface area contributed by atoms with E-state index in [-0.39, 0.29) is 18.4 Å². The summed E-state index contributed by atoms with van der Waals surface area (Å²) in [6, 6.07) is -0.144. The molecule has 2 amide bonds. The van der Waals surface area contributed by atoms with Crippen molar-refractivity contribution in [2.45, 2.75) is 26.2 Å². The monoisotopic (exact) mass is 274 g/mol. The number of aliphatic carboxylic acids is 1. The average Bonchev–Trinajstić information content (AvgIpc) is 2.84. The fourth-order valence-electron chi connectivity index (χ4n) is 1.78. The summed E-state index contributed by atoms with van der Waals surface area (Å²) in [5, 5.41) is 14.2. The Bertz CT molecular complexity index is 280. The van der Waals surface area contributed by atoms with Crippen molar-refractivity contribution in [3.8, 4) is 0 Å². The Hall–Kier alpha value is -0.910. The van der Waals surface area contributed by atoms with Crippen molar-refractivity contribution < 1.29 is 14.7 Å². The smallest absolute Gasteiger partial charge is 0.314 e. The summed E-state index contributed by atoms with van der Waals surface area (Å²) in [7, 11) is 0. The van der Waals surface area contributed by atoms with Gasteiger partial charge in [0.15, 0.2) is 0 Å². The van der Waals surface area contributed by atoms with E-state index in [1.807, 2.05) is 18.7 Å². The highest BCUT2D eigenvalue weighted by atomic mass is 32.2. The molecule has 2 unspecified atom stereocenters. The zero-order valence-electron chi connectivity index (χ0n) is 10.8. The van der Waals surface area contributed by atoms with E-state index in [1.54, 1.807) is 0 Å². The van der Waals surface area contributed by atoms with E-state index in [0.29, 0.717) is 18.9 Å². The van der Waals surface area contributed by atoms with Gasteiger partial charge < -0.3 is 15.7 Å². The van der Waals surface area contributed by atoms with E-state index in [4.69, 9.17) is 5.11 Å². The molecule has 0 saturated carbocycles. The van der Waals surface area contributed by atoms with Gasteiger partial charge in [0.25, 0.3) is 0 Å². The molecule has 0 aromatic heterocycles. The summed E-state index contributed by atoms with van der Waals surface area (Å²) in [4.78, 5) is 21.9. The maximum atomic E-state index is 11.5. The standard InChI is InChI=1S/C12H22N2O3S/c1-9(2-3-11(15)16)6-13-12(17)14-7-10-4-5-18-8-10/h9-10H,2-8H2,1H3,(H,15,16)(H2,13,14,17). The zero-order valence-corrected chi connectivity index (χ0v) is 11.6. The van der Waals surface area contributed by atoms with Crippen molar-refractivity contribution in [1.82, 2.24) is 10.6 Å². The fraction of sp³-hybridized carbons (Fsp3) is 0.833. The van der Waals surface area contributed by atoms with E-state index in [2.05, 4.69) is 10.6 Å². The van der Waals surface area contributed by atoms with Crippen LogP contribution in [0.1, 0.15) is 26.2 Å². The second kappa shape index (κ2) is 8.24. The summed E-state index contributed by atoms with van der Waals surface area (Å²) >= 11 is 1.93. The minimum Gasteiger partial charge on any atom is -0.481 e. The second-order valence-electron chi connectivity index (χ2n) is 4.86. The predicted molar refractivity (Wildman–Crippen MR) is 72.9 cm³/mol. The molecule has 5 nitrogen and oxygen atoms in total. The number of carbonyl (C=O) groups excluding carboxylic acids is 1. The van der Waals surface area contributed by atoms with Crippen LogP contribution in [0, 0.1) is 11.8 Å². The Kier molecular flexibility index (Phi) is 6.93. The second-order valence-corrected chi connectivity index (χ2v) is 6.01. The average molecular weight is 274 g/mol. The van der Waals surface area contributed by atoms with Crippen LogP contribution in [0.5, 0.6) is 0 Å². The number of amides is 2. The Labute approximate surface area is 112 Å². The Morgan fingerprint density at radius 3 is 2.83 bits per heavy atom. The zero-order chi connectivity index (χ0) is 13.4. The Morgan fingerprint density at radius 1 is 1.44 bits per heavy atom. The number of hydrogen-bond donors (Lipinski definition) is 3. The van der Waals surface area contributed by atoms with Gasteiger partial charge in [-0.15, -0.1) is 0 Å². The maximum absolute atomic E-state index is 11.5. The van der Waals surface area contributed by atoms with Crippen molar-refractivity contribution >= 4 is 23.8 Å². The first-order chi connectivity index (χ1) is 8.58. The van der Waals surface area contributed by atoms with Crippen molar-refractivity contribution in [2.24, 2.45) is 11.8 Å². The maximum Gasteiger partial charge on any atom is 0.314 e. The number of carboxylic acid groups (broad SMARTS) is 1. The van der Waals surface area contributed by atoms with E-state index >= 15 is 0 Å². The highest BCUT2D eigenvalue weighted by Crippen LogP contribution is 2.22. The number of carboxylic acids is 1. The molecule has 0 radical (unpaired) electrons. The van der Waals surface area contributed by atoms with Crippen molar-refractivity contribution in [1.29, 1.82) is 0 Å². The lowest BCUT2D eigenvalue weighted by molar-refractivity contribution is -0.137. The first-order valence-electron chi connectivity index (χ1n) is 6.39. The van der Waals surface area contributed by atoms with Gasteiger partial charge in [-0.2, -0.15) is 11.8 Å².